The Kier molecular flexibility index (Phi) is 2.52. The van der Waals surface area contributed by atoms with Crippen molar-refractivity contribution in [2.24, 2.45) is 5.92 Å². The van der Waals surface area contributed by atoms with Crippen LogP contribution in [0, 0.1) is 5.92 Å². The number of benzene rings is 1. The minimum absolute atomic E-state index is 0.402. The van der Waals surface area contributed by atoms with Gasteiger partial charge in [-0.1, -0.05) is 42.5 Å². The molecule has 0 saturated carbocycles. The second-order valence-electron chi connectivity index (χ2n) is 4.44. The molecule has 1 aromatic rings. The molecule has 1 unspecified atom stereocenters. The van der Waals surface area contributed by atoms with Gasteiger partial charge in [-0.05, 0) is 23.6 Å². The minimum atomic E-state index is -0.758. The highest BCUT2D eigenvalue weighted by atomic mass is 16.4. The van der Waals surface area contributed by atoms with E-state index in [2.05, 4.69) is 5.32 Å². The van der Waals surface area contributed by atoms with E-state index in [0.717, 1.165) is 22.5 Å². The summed E-state index contributed by atoms with van der Waals surface area (Å²) >= 11 is 0. The van der Waals surface area contributed by atoms with Gasteiger partial charge in [0.05, 0.1) is 5.92 Å². The summed E-state index contributed by atoms with van der Waals surface area (Å²) in [5.74, 6) is -1.16. The van der Waals surface area contributed by atoms with Gasteiger partial charge in [-0.15, -0.1) is 0 Å². The van der Waals surface area contributed by atoms with Crippen molar-refractivity contribution < 1.29 is 9.90 Å². The third-order valence-electron chi connectivity index (χ3n) is 3.33. The lowest BCUT2D eigenvalue weighted by atomic mass is 9.97. The van der Waals surface area contributed by atoms with Crippen molar-refractivity contribution >= 4 is 11.7 Å². The van der Waals surface area contributed by atoms with Gasteiger partial charge in [0.1, 0.15) is 0 Å². The lowest BCUT2D eigenvalue weighted by molar-refractivity contribution is -0.140. The van der Waals surface area contributed by atoms with Gasteiger partial charge < -0.3 is 10.4 Å². The molecule has 0 bridgehead atoms. The fourth-order valence-corrected chi connectivity index (χ4v) is 2.38. The monoisotopic (exact) mass is 239 g/mol. The topological polar surface area (TPSA) is 49.3 Å². The van der Waals surface area contributed by atoms with Crippen LogP contribution in [0.1, 0.15) is 12.0 Å². The van der Waals surface area contributed by atoms with Gasteiger partial charge in [0.2, 0.25) is 0 Å². The molecule has 1 aliphatic carbocycles. The smallest absolute Gasteiger partial charge is 0.311 e. The molecule has 3 heteroatoms. The van der Waals surface area contributed by atoms with Gasteiger partial charge in [-0.25, -0.2) is 0 Å². The predicted octanol–water partition coefficient (Wildman–Crippen LogP) is 2.55. The van der Waals surface area contributed by atoms with Crippen LogP contribution in [0.4, 0.5) is 0 Å². The predicted molar refractivity (Wildman–Crippen MR) is 69.5 cm³/mol. The second-order valence-corrected chi connectivity index (χ2v) is 4.44. The van der Waals surface area contributed by atoms with E-state index in [1.165, 1.54) is 0 Å². The Morgan fingerprint density at radius 2 is 1.94 bits per heavy atom. The van der Waals surface area contributed by atoms with E-state index in [9.17, 15) is 4.79 Å². The molecule has 0 radical (unpaired) electrons. The molecule has 2 aliphatic rings. The maximum atomic E-state index is 11.1. The van der Waals surface area contributed by atoms with Gasteiger partial charge in [-0.3, -0.25) is 4.79 Å². The van der Waals surface area contributed by atoms with Crippen LogP contribution in [0.25, 0.3) is 5.70 Å². The van der Waals surface area contributed by atoms with Crippen LogP contribution in [0.2, 0.25) is 0 Å². The minimum Gasteiger partial charge on any atom is -0.481 e. The fraction of sp³-hybridized carbons (Fsp3) is 0.133. The number of carboxylic acids is 1. The summed E-state index contributed by atoms with van der Waals surface area (Å²) in [6.45, 7) is 0. The number of nitrogens with one attached hydrogen (secondary N) is 1. The number of carboxylic acid groups (broad SMARTS) is 1. The van der Waals surface area contributed by atoms with Gasteiger partial charge in [0.25, 0.3) is 0 Å². The van der Waals surface area contributed by atoms with Crippen LogP contribution in [0.3, 0.4) is 0 Å². The average Bonchev–Trinajstić information content (AvgIpc) is 2.82. The van der Waals surface area contributed by atoms with Crippen LogP contribution in [0.5, 0.6) is 0 Å². The Hall–Kier alpha value is -2.29. The van der Waals surface area contributed by atoms with Crippen molar-refractivity contribution in [3.63, 3.8) is 0 Å². The number of hydrogen-bond donors (Lipinski definition) is 2. The lowest BCUT2D eigenvalue weighted by Gasteiger charge is -2.19. The molecule has 18 heavy (non-hydrogen) atoms. The van der Waals surface area contributed by atoms with E-state index in [0.29, 0.717) is 6.42 Å². The van der Waals surface area contributed by atoms with Crippen LogP contribution < -0.4 is 5.32 Å². The molecule has 1 aromatic carbocycles. The van der Waals surface area contributed by atoms with E-state index < -0.39 is 11.9 Å². The summed E-state index contributed by atoms with van der Waals surface area (Å²) in [6.07, 6.45) is 6.39. The molecular formula is C15H13NO2. The van der Waals surface area contributed by atoms with E-state index in [1.807, 2.05) is 48.6 Å². The van der Waals surface area contributed by atoms with Crippen molar-refractivity contribution in [2.75, 3.05) is 0 Å². The molecule has 0 aromatic heterocycles. The highest BCUT2D eigenvalue weighted by Crippen LogP contribution is 2.34. The average molecular weight is 239 g/mol. The second kappa shape index (κ2) is 4.18. The molecule has 3 rings (SSSR count). The number of carbonyl (C=O) groups is 1. The number of dihydropyridines is 1. The van der Waals surface area contributed by atoms with Gasteiger partial charge in [0.15, 0.2) is 0 Å². The van der Waals surface area contributed by atoms with Crippen molar-refractivity contribution in [1.82, 2.24) is 5.32 Å². The Bertz CT molecular complexity index is 582. The van der Waals surface area contributed by atoms with Crippen molar-refractivity contribution in [3.05, 3.63) is 65.4 Å². The van der Waals surface area contributed by atoms with Gasteiger partial charge in [-0.2, -0.15) is 0 Å². The molecule has 0 fully saturated rings. The summed E-state index contributed by atoms with van der Waals surface area (Å²) in [4.78, 5) is 11.1. The van der Waals surface area contributed by atoms with Crippen molar-refractivity contribution in [2.45, 2.75) is 6.42 Å². The van der Waals surface area contributed by atoms with Crippen LogP contribution in [-0.4, -0.2) is 11.1 Å². The highest BCUT2D eigenvalue weighted by Gasteiger charge is 2.30. The molecule has 2 N–H and O–H groups in total. The molecule has 1 heterocycles. The van der Waals surface area contributed by atoms with Gasteiger partial charge >= 0.3 is 5.97 Å². The number of hydrogen-bond acceptors (Lipinski definition) is 2. The first-order valence-electron chi connectivity index (χ1n) is 5.93. The number of rotatable bonds is 2. The van der Waals surface area contributed by atoms with E-state index in [-0.39, 0.29) is 0 Å². The zero-order valence-corrected chi connectivity index (χ0v) is 9.76. The summed E-state index contributed by atoms with van der Waals surface area (Å²) in [6, 6.07) is 10.0. The fourth-order valence-electron chi connectivity index (χ4n) is 2.38. The molecule has 0 saturated heterocycles. The third-order valence-corrected chi connectivity index (χ3v) is 3.33. The first-order chi connectivity index (χ1) is 8.75. The van der Waals surface area contributed by atoms with E-state index >= 15 is 0 Å². The van der Waals surface area contributed by atoms with Crippen LogP contribution >= 0.6 is 0 Å². The quantitative estimate of drug-likeness (QED) is 0.833. The number of fused-ring (bicyclic) bond motifs is 1. The van der Waals surface area contributed by atoms with E-state index in [1.54, 1.807) is 0 Å². The zero-order chi connectivity index (χ0) is 12.5. The van der Waals surface area contributed by atoms with Crippen molar-refractivity contribution in [3.8, 4) is 0 Å². The Morgan fingerprint density at radius 3 is 2.67 bits per heavy atom. The number of aliphatic carboxylic acids is 1. The lowest BCUT2D eigenvalue weighted by Crippen LogP contribution is -2.20. The summed E-state index contributed by atoms with van der Waals surface area (Å²) in [5, 5.41) is 12.4. The normalized spacial score (nSPS) is 21.3. The van der Waals surface area contributed by atoms with Crippen molar-refractivity contribution in [1.29, 1.82) is 0 Å². The molecule has 1 aliphatic heterocycles. The Labute approximate surface area is 105 Å². The standard InChI is InChI=1S/C15H13NO2/c17-15(18)12-7-9-14-11(12)6-8-13(16-14)10-4-2-1-3-5-10/h1-6,8-9,12,16H,7H2,(H,17,18). The highest BCUT2D eigenvalue weighted by molar-refractivity contribution is 5.80. The number of allylic oxidation sites excluding steroid dienone is 4. The zero-order valence-electron chi connectivity index (χ0n) is 9.76. The first kappa shape index (κ1) is 10.8. The van der Waals surface area contributed by atoms with Crippen LogP contribution in [-0.2, 0) is 4.79 Å². The van der Waals surface area contributed by atoms with Crippen LogP contribution in [0.15, 0.2) is 59.8 Å². The SMILES string of the molecule is O=C(O)C1CC=C2NC(c3ccccc3)=CC=C21. The summed E-state index contributed by atoms with van der Waals surface area (Å²) < 4.78 is 0. The van der Waals surface area contributed by atoms with E-state index in [4.69, 9.17) is 5.11 Å². The Morgan fingerprint density at radius 1 is 1.17 bits per heavy atom. The molecule has 0 amide bonds. The van der Waals surface area contributed by atoms with Gasteiger partial charge in [0, 0.05) is 11.4 Å². The third kappa shape index (κ3) is 1.74. The largest absolute Gasteiger partial charge is 0.481 e. The maximum absolute atomic E-state index is 11.1. The molecule has 0 spiro atoms. The summed E-state index contributed by atoms with van der Waals surface area (Å²) in [7, 11) is 0. The summed E-state index contributed by atoms with van der Waals surface area (Å²) in [5.41, 5.74) is 3.93. The maximum Gasteiger partial charge on any atom is 0.311 e. The first-order valence-corrected chi connectivity index (χ1v) is 5.93. The molecular weight excluding hydrogens is 226 g/mol. The molecule has 90 valence electrons. The molecule has 3 nitrogen and oxygen atoms in total. The Balaban J connectivity index is 1.94. The molecule has 1 atom stereocenters.